The van der Waals surface area contributed by atoms with Crippen molar-refractivity contribution in [2.45, 2.75) is 39.2 Å². The summed E-state index contributed by atoms with van der Waals surface area (Å²) in [4.78, 5) is 32.9. The Labute approximate surface area is 165 Å². The van der Waals surface area contributed by atoms with E-state index in [0.717, 1.165) is 21.7 Å². The summed E-state index contributed by atoms with van der Waals surface area (Å²) >= 11 is 3.07. The zero-order valence-corrected chi connectivity index (χ0v) is 17.4. The standard InChI is InChI=1S/C19H22N2O4S2/c1-5-11-14(12-7-6-10-26-12)15-16(27-11)20-13(8-9-25-4)21(17(15)22)19(2,3)18(23)24/h6-7,10H,5,8-9H2,1-4H3,(H,23,24). The van der Waals surface area contributed by atoms with Gasteiger partial charge in [0, 0.05) is 28.8 Å². The molecule has 3 aromatic heterocycles. The lowest BCUT2D eigenvalue weighted by Crippen LogP contribution is -2.45. The van der Waals surface area contributed by atoms with E-state index < -0.39 is 11.5 Å². The largest absolute Gasteiger partial charge is 0.480 e. The maximum atomic E-state index is 13.5. The minimum absolute atomic E-state index is 0.308. The van der Waals surface area contributed by atoms with Gasteiger partial charge in [0.15, 0.2) is 0 Å². The van der Waals surface area contributed by atoms with Crippen molar-refractivity contribution in [1.82, 2.24) is 9.55 Å². The summed E-state index contributed by atoms with van der Waals surface area (Å²) in [5, 5.41) is 12.2. The molecule has 0 aliphatic heterocycles. The first-order valence-electron chi connectivity index (χ1n) is 8.66. The molecule has 0 aromatic carbocycles. The third-order valence-corrected chi connectivity index (χ3v) is 6.68. The van der Waals surface area contributed by atoms with Crippen LogP contribution in [-0.4, -0.2) is 34.3 Å². The van der Waals surface area contributed by atoms with Gasteiger partial charge in [0.1, 0.15) is 16.2 Å². The highest BCUT2D eigenvalue weighted by molar-refractivity contribution is 7.20. The third kappa shape index (κ3) is 3.33. The molecule has 1 N–H and O–H groups in total. The van der Waals surface area contributed by atoms with E-state index in [1.165, 1.54) is 29.8 Å². The van der Waals surface area contributed by atoms with Crippen LogP contribution >= 0.6 is 22.7 Å². The number of carboxylic acids is 1. The number of thiophene rings is 2. The van der Waals surface area contributed by atoms with Gasteiger partial charge >= 0.3 is 5.97 Å². The maximum absolute atomic E-state index is 13.5. The maximum Gasteiger partial charge on any atom is 0.329 e. The van der Waals surface area contributed by atoms with Crippen LogP contribution in [0.3, 0.4) is 0 Å². The van der Waals surface area contributed by atoms with Crippen LogP contribution in [-0.2, 0) is 27.9 Å². The van der Waals surface area contributed by atoms with Gasteiger partial charge in [-0.2, -0.15) is 0 Å². The van der Waals surface area contributed by atoms with Crippen LogP contribution in [0.25, 0.3) is 20.7 Å². The molecule has 0 atom stereocenters. The quantitative estimate of drug-likeness (QED) is 0.646. The first-order valence-corrected chi connectivity index (χ1v) is 10.4. The average Bonchev–Trinajstić information content (AvgIpc) is 3.26. The zero-order valence-electron chi connectivity index (χ0n) is 15.7. The van der Waals surface area contributed by atoms with Crippen LogP contribution in [0.1, 0.15) is 31.5 Å². The lowest BCUT2D eigenvalue weighted by molar-refractivity contribution is -0.146. The molecule has 8 heteroatoms. The molecule has 3 aromatic rings. The van der Waals surface area contributed by atoms with Gasteiger partial charge < -0.3 is 9.84 Å². The lowest BCUT2D eigenvalue weighted by Gasteiger charge is -2.25. The first-order chi connectivity index (χ1) is 12.8. The summed E-state index contributed by atoms with van der Waals surface area (Å²) in [5.41, 5.74) is -0.835. The molecule has 0 unspecified atom stereocenters. The molecule has 27 heavy (non-hydrogen) atoms. The van der Waals surface area contributed by atoms with E-state index in [9.17, 15) is 14.7 Å². The molecular formula is C19H22N2O4S2. The smallest absolute Gasteiger partial charge is 0.329 e. The van der Waals surface area contributed by atoms with Crippen molar-refractivity contribution in [1.29, 1.82) is 0 Å². The molecule has 3 rings (SSSR count). The zero-order chi connectivity index (χ0) is 19.8. The number of aliphatic carboxylic acids is 1. The van der Waals surface area contributed by atoms with Crippen LogP contribution in [0.5, 0.6) is 0 Å². The molecule has 0 saturated heterocycles. The van der Waals surface area contributed by atoms with Crippen LogP contribution < -0.4 is 5.56 Å². The Balaban J connectivity index is 2.41. The number of hydrogen-bond donors (Lipinski definition) is 1. The van der Waals surface area contributed by atoms with Gasteiger partial charge in [-0.3, -0.25) is 9.36 Å². The Hall–Kier alpha value is -2.03. The van der Waals surface area contributed by atoms with Gasteiger partial charge in [-0.25, -0.2) is 9.78 Å². The normalized spacial score (nSPS) is 12.0. The third-order valence-electron chi connectivity index (χ3n) is 4.57. The molecular weight excluding hydrogens is 384 g/mol. The molecule has 0 spiro atoms. The SMILES string of the molecule is CCc1sc2nc(CCOC)n(C(C)(C)C(=O)O)c(=O)c2c1-c1cccs1. The van der Waals surface area contributed by atoms with Crippen LogP contribution in [0.2, 0.25) is 0 Å². The number of methoxy groups -OCH3 is 1. The fourth-order valence-electron chi connectivity index (χ4n) is 3.10. The van der Waals surface area contributed by atoms with Gasteiger partial charge in [0.05, 0.1) is 12.0 Å². The number of aryl methyl sites for hydroxylation is 1. The summed E-state index contributed by atoms with van der Waals surface area (Å²) in [6, 6.07) is 3.93. The summed E-state index contributed by atoms with van der Waals surface area (Å²) < 4.78 is 6.46. The number of ether oxygens (including phenoxy) is 1. The molecule has 0 saturated carbocycles. The fourth-order valence-corrected chi connectivity index (χ4v) is 5.10. The highest BCUT2D eigenvalue weighted by Gasteiger charge is 2.34. The number of carbonyl (C=O) groups is 1. The van der Waals surface area contributed by atoms with E-state index in [1.807, 2.05) is 24.4 Å². The number of carboxylic acid groups (broad SMARTS) is 1. The minimum Gasteiger partial charge on any atom is -0.480 e. The first kappa shape index (κ1) is 19.7. The summed E-state index contributed by atoms with van der Waals surface area (Å²) in [7, 11) is 1.57. The van der Waals surface area contributed by atoms with Crippen LogP contribution in [0.4, 0.5) is 0 Å². The molecule has 0 radical (unpaired) electrons. The monoisotopic (exact) mass is 406 g/mol. The second-order valence-electron chi connectivity index (χ2n) is 6.69. The van der Waals surface area contributed by atoms with Crippen molar-refractivity contribution in [3.8, 4) is 10.4 Å². The second kappa shape index (κ2) is 7.53. The Morgan fingerprint density at radius 1 is 1.41 bits per heavy atom. The Kier molecular flexibility index (Phi) is 5.50. The number of aromatic nitrogens is 2. The summed E-state index contributed by atoms with van der Waals surface area (Å²) in [5.74, 6) is -0.642. The molecule has 0 aliphatic carbocycles. The van der Waals surface area contributed by atoms with Crippen molar-refractivity contribution in [3.05, 3.63) is 38.6 Å². The topological polar surface area (TPSA) is 81.4 Å². The number of fused-ring (bicyclic) bond motifs is 1. The van der Waals surface area contributed by atoms with Crippen molar-refractivity contribution >= 4 is 38.9 Å². The van der Waals surface area contributed by atoms with Gasteiger partial charge in [-0.1, -0.05) is 13.0 Å². The predicted octanol–water partition coefficient (Wildman–Crippen LogP) is 3.76. The van der Waals surface area contributed by atoms with Crippen LogP contribution in [0, 0.1) is 0 Å². The van der Waals surface area contributed by atoms with Gasteiger partial charge in [-0.05, 0) is 31.7 Å². The van der Waals surface area contributed by atoms with Gasteiger partial charge in [-0.15, -0.1) is 22.7 Å². The Bertz CT molecular complexity index is 1030. The van der Waals surface area contributed by atoms with E-state index in [0.29, 0.717) is 29.1 Å². The second-order valence-corrected chi connectivity index (χ2v) is 8.72. The molecule has 3 heterocycles. The van der Waals surface area contributed by atoms with Gasteiger partial charge in [0.2, 0.25) is 0 Å². The Morgan fingerprint density at radius 2 is 2.15 bits per heavy atom. The van der Waals surface area contributed by atoms with E-state index in [-0.39, 0.29) is 5.56 Å². The summed E-state index contributed by atoms with van der Waals surface area (Å²) in [6.07, 6.45) is 1.15. The number of hydrogen-bond acceptors (Lipinski definition) is 6. The van der Waals surface area contributed by atoms with Crippen molar-refractivity contribution in [2.24, 2.45) is 0 Å². The minimum atomic E-state index is -1.41. The fraction of sp³-hybridized carbons (Fsp3) is 0.421. The molecule has 0 aliphatic rings. The van der Waals surface area contributed by atoms with Crippen LogP contribution in [0.15, 0.2) is 22.3 Å². The molecule has 0 fully saturated rings. The van der Waals surface area contributed by atoms with Crippen molar-refractivity contribution in [3.63, 3.8) is 0 Å². The molecule has 0 bridgehead atoms. The van der Waals surface area contributed by atoms with Crippen molar-refractivity contribution < 1.29 is 14.6 Å². The Morgan fingerprint density at radius 3 is 2.70 bits per heavy atom. The number of rotatable bonds is 7. The molecule has 0 amide bonds. The highest BCUT2D eigenvalue weighted by atomic mass is 32.1. The van der Waals surface area contributed by atoms with E-state index in [1.54, 1.807) is 18.4 Å². The number of nitrogens with zero attached hydrogens (tertiary/aromatic N) is 2. The molecule has 144 valence electrons. The van der Waals surface area contributed by atoms with E-state index in [4.69, 9.17) is 9.72 Å². The predicted molar refractivity (Wildman–Crippen MR) is 109 cm³/mol. The van der Waals surface area contributed by atoms with Crippen molar-refractivity contribution in [2.75, 3.05) is 13.7 Å². The summed E-state index contributed by atoms with van der Waals surface area (Å²) in [6.45, 7) is 5.46. The molecule has 6 nitrogen and oxygen atoms in total. The van der Waals surface area contributed by atoms with Gasteiger partial charge in [0.25, 0.3) is 5.56 Å². The lowest BCUT2D eigenvalue weighted by atomic mass is 10.0. The highest BCUT2D eigenvalue weighted by Crippen LogP contribution is 2.39. The van der Waals surface area contributed by atoms with E-state index in [2.05, 4.69) is 0 Å². The average molecular weight is 407 g/mol. The van der Waals surface area contributed by atoms with E-state index >= 15 is 0 Å².